The largest absolute Gasteiger partial charge is 0.451 e. The SMILES string of the molecule is O=C(OC1CCCCC1=O)c1ccc(S(=O)(=O)C(F)F)cc1. The Bertz CT molecular complexity index is 667. The van der Waals surface area contributed by atoms with Gasteiger partial charge in [-0.15, -0.1) is 0 Å². The summed E-state index contributed by atoms with van der Waals surface area (Å²) in [7, 11) is -4.69. The van der Waals surface area contributed by atoms with Crippen molar-refractivity contribution in [3.05, 3.63) is 29.8 Å². The molecule has 22 heavy (non-hydrogen) atoms. The van der Waals surface area contributed by atoms with Crippen LogP contribution in [0.15, 0.2) is 29.2 Å². The third kappa shape index (κ3) is 3.49. The number of sulfone groups is 1. The first-order chi connectivity index (χ1) is 10.3. The molecule has 0 aliphatic heterocycles. The zero-order valence-corrected chi connectivity index (χ0v) is 12.3. The Morgan fingerprint density at radius 2 is 1.82 bits per heavy atom. The van der Waals surface area contributed by atoms with Gasteiger partial charge in [0, 0.05) is 6.42 Å². The molecule has 1 aromatic rings. The number of benzene rings is 1. The number of hydrogen-bond acceptors (Lipinski definition) is 5. The summed E-state index contributed by atoms with van der Waals surface area (Å²) in [6, 6.07) is 4.01. The summed E-state index contributed by atoms with van der Waals surface area (Å²) in [5.41, 5.74) is 0.00610. The maximum Gasteiger partial charge on any atom is 0.341 e. The molecule has 8 heteroatoms. The first-order valence-corrected chi connectivity index (χ1v) is 8.23. The van der Waals surface area contributed by atoms with E-state index in [0.29, 0.717) is 12.8 Å². The van der Waals surface area contributed by atoms with Gasteiger partial charge in [-0.3, -0.25) is 4.79 Å². The summed E-state index contributed by atoms with van der Waals surface area (Å²) in [6.45, 7) is 0. The van der Waals surface area contributed by atoms with Gasteiger partial charge in [-0.2, -0.15) is 8.78 Å². The summed E-state index contributed by atoms with van der Waals surface area (Å²) in [6.07, 6.45) is 1.60. The number of rotatable bonds is 4. The molecule has 0 saturated heterocycles. The number of ether oxygens (including phenoxy) is 1. The van der Waals surface area contributed by atoms with Crippen LogP contribution in [0, 0.1) is 0 Å². The number of hydrogen-bond donors (Lipinski definition) is 0. The number of carbonyl (C=O) groups is 2. The number of esters is 1. The first kappa shape index (κ1) is 16.5. The second-order valence-corrected chi connectivity index (χ2v) is 6.85. The van der Waals surface area contributed by atoms with Crippen LogP contribution in [0.2, 0.25) is 0 Å². The molecule has 1 atom stereocenters. The van der Waals surface area contributed by atoms with Crippen molar-refractivity contribution in [1.82, 2.24) is 0 Å². The molecule has 1 unspecified atom stereocenters. The lowest BCUT2D eigenvalue weighted by atomic mass is 9.96. The van der Waals surface area contributed by atoms with Crippen LogP contribution >= 0.6 is 0 Å². The van der Waals surface area contributed by atoms with Crippen LogP contribution in [0.1, 0.15) is 36.0 Å². The lowest BCUT2D eigenvalue weighted by Crippen LogP contribution is -2.30. The maximum absolute atomic E-state index is 12.4. The number of Topliss-reactive ketones (excluding diaryl/α,β-unsaturated/α-hetero) is 1. The van der Waals surface area contributed by atoms with E-state index >= 15 is 0 Å². The van der Waals surface area contributed by atoms with Crippen LogP contribution < -0.4 is 0 Å². The fourth-order valence-corrected chi connectivity index (χ4v) is 2.88. The first-order valence-electron chi connectivity index (χ1n) is 6.68. The topological polar surface area (TPSA) is 77.5 Å². The summed E-state index contributed by atoms with van der Waals surface area (Å²) < 4.78 is 52.4. The molecular formula is C14H14F2O5S. The molecule has 0 amide bonds. The van der Waals surface area contributed by atoms with E-state index in [1.54, 1.807) is 0 Å². The number of alkyl halides is 2. The number of ketones is 1. The van der Waals surface area contributed by atoms with E-state index in [9.17, 15) is 26.8 Å². The van der Waals surface area contributed by atoms with Gasteiger partial charge in [0.15, 0.2) is 11.9 Å². The van der Waals surface area contributed by atoms with E-state index in [-0.39, 0.29) is 11.3 Å². The van der Waals surface area contributed by atoms with Gasteiger partial charge < -0.3 is 4.74 Å². The molecule has 1 aliphatic rings. The Morgan fingerprint density at radius 3 is 2.36 bits per heavy atom. The lowest BCUT2D eigenvalue weighted by Gasteiger charge is -2.20. The molecule has 5 nitrogen and oxygen atoms in total. The van der Waals surface area contributed by atoms with Gasteiger partial charge >= 0.3 is 11.7 Å². The molecule has 1 saturated carbocycles. The van der Waals surface area contributed by atoms with E-state index < -0.39 is 32.6 Å². The molecule has 0 aromatic heterocycles. The fourth-order valence-electron chi connectivity index (χ4n) is 2.16. The molecular weight excluding hydrogens is 318 g/mol. The highest BCUT2D eigenvalue weighted by molar-refractivity contribution is 7.91. The highest BCUT2D eigenvalue weighted by Crippen LogP contribution is 2.21. The minimum atomic E-state index is -4.69. The molecule has 1 aliphatic carbocycles. The second kappa shape index (κ2) is 6.51. The van der Waals surface area contributed by atoms with Crippen LogP contribution in [0.25, 0.3) is 0 Å². The second-order valence-electron chi connectivity index (χ2n) is 4.94. The molecule has 0 bridgehead atoms. The van der Waals surface area contributed by atoms with Gasteiger partial charge in [0.2, 0.25) is 9.84 Å². The van der Waals surface area contributed by atoms with Crippen LogP contribution in [0.5, 0.6) is 0 Å². The van der Waals surface area contributed by atoms with Crippen molar-refractivity contribution in [3.8, 4) is 0 Å². The van der Waals surface area contributed by atoms with Crippen molar-refractivity contribution in [2.75, 3.05) is 0 Å². The summed E-state index contributed by atoms with van der Waals surface area (Å²) in [4.78, 5) is 22.9. The quantitative estimate of drug-likeness (QED) is 0.791. The molecule has 0 N–H and O–H groups in total. The highest BCUT2D eigenvalue weighted by atomic mass is 32.2. The fraction of sp³-hybridized carbons (Fsp3) is 0.429. The molecule has 1 fully saturated rings. The maximum atomic E-state index is 12.4. The highest BCUT2D eigenvalue weighted by Gasteiger charge is 2.28. The Labute approximate surface area is 126 Å². The van der Waals surface area contributed by atoms with Crippen LogP contribution in [0.4, 0.5) is 8.78 Å². The number of carbonyl (C=O) groups excluding carboxylic acids is 2. The van der Waals surface area contributed by atoms with E-state index in [2.05, 4.69) is 0 Å². The third-order valence-corrected chi connectivity index (χ3v) is 4.80. The Hall–Kier alpha value is -1.83. The van der Waals surface area contributed by atoms with Crippen molar-refractivity contribution >= 4 is 21.6 Å². The third-order valence-electron chi connectivity index (χ3n) is 3.40. The predicted molar refractivity (Wildman–Crippen MR) is 72.3 cm³/mol. The van der Waals surface area contributed by atoms with Gasteiger partial charge in [0.1, 0.15) is 0 Å². The van der Waals surface area contributed by atoms with E-state index in [1.165, 1.54) is 0 Å². The predicted octanol–water partition coefficient (Wildman–Crippen LogP) is 2.35. The Morgan fingerprint density at radius 1 is 1.18 bits per heavy atom. The van der Waals surface area contributed by atoms with Crippen LogP contribution in [-0.4, -0.2) is 32.0 Å². The molecule has 1 aromatic carbocycles. The molecule has 0 radical (unpaired) electrons. The number of halogens is 2. The zero-order chi connectivity index (χ0) is 16.3. The van der Waals surface area contributed by atoms with Crippen molar-refractivity contribution in [1.29, 1.82) is 0 Å². The van der Waals surface area contributed by atoms with Crippen LogP contribution in [0.3, 0.4) is 0 Å². The monoisotopic (exact) mass is 332 g/mol. The van der Waals surface area contributed by atoms with Gasteiger partial charge in [-0.1, -0.05) is 0 Å². The minimum Gasteiger partial charge on any atom is -0.451 e. The van der Waals surface area contributed by atoms with Crippen molar-refractivity contribution < 1.29 is 31.5 Å². The molecule has 0 spiro atoms. The Kier molecular flexibility index (Phi) is 4.90. The van der Waals surface area contributed by atoms with E-state index in [1.807, 2.05) is 0 Å². The Balaban J connectivity index is 2.10. The van der Waals surface area contributed by atoms with Gasteiger partial charge in [-0.25, -0.2) is 13.2 Å². The average Bonchev–Trinajstić information content (AvgIpc) is 2.49. The lowest BCUT2D eigenvalue weighted by molar-refractivity contribution is -0.129. The smallest absolute Gasteiger partial charge is 0.341 e. The normalized spacial score (nSPS) is 19.2. The van der Waals surface area contributed by atoms with Gasteiger partial charge in [0.05, 0.1) is 10.5 Å². The van der Waals surface area contributed by atoms with Gasteiger partial charge in [-0.05, 0) is 43.5 Å². The van der Waals surface area contributed by atoms with E-state index in [4.69, 9.17) is 4.74 Å². The van der Waals surface area contributed by atoms with Crippen molar-refractivity contribution in [2.45, 2.75) is 42.4 Å². The standard InChI is InChI=1S/C14H14F2O5S/c15-14(16)22(19,20)10-7-5-9(6-8-10)13(18)21-12-4-2-1-3-11(12)17/h5-8,12,14H,1-4H2. The molecule has 0 heterocycles. The zero-order valence-electron chi connectivity index (χ0n) is 11.5. The minimum absolute atomic E-state index is 0.00610. The van der Waals surface area contributed by atoms with E-state index in [0.717, 1.165) is 37.1 Å². The van der Waals surface area contributed by atoms with Crippen LogP contribution in [-0.2, 0) is 19.4 Å². The summed E-state index contributed by atoms with van der Waals surface area (Å²) in [5.74, 6) is -4.44. The van der Waals surface area contributed by atoms with Crippen molar-refractivity contribution in [3.63, 3.8) is 0 Å². The van der Waals surface area contributed by atoms with Crippen molar-refractivity contribution in [2.24, 2.45) is 0 Å². The average molecular weight is 332 g/mol. The van der Waals surface area contributed by atoms with Gasteiger partial charge in [0.25, 0.3) is 0 Å². The molecule has 120 valence electrons. The molecule has 2 rings (SSSR count). The summed E-state index contributed by atoms with van der Waals surface area (Å²) in [5, 5.41) is 0. The summed E-state index contributed by atoms with van der Waals surface area (Å²) >= 11 is 0.